The molecule has 0 aliphatic heterocycles. The molecule has 5 nitrogen and oxygen atoms in total. The van der Waals surface area contributed by atoms with E-state index >= 15 is 0 Å². The molecule has 0 bridgehead atoms. The maximum Gasteiger partial charge on any atom is 2.00 e. The summed E-state index contributed by atoms with van der Waals surface area (Å²) in [6.07, 6.45) is 3.45. The van der Waals surface area contributed by atoms with Gasteiger partial charge in [-0.05, 0) is 36.4 Å². The molecule has 0 atom stereocenters. The number of fused-ring (bicyclic) bond motifs is 3. The van der Waals surface area contributed by atoms with Crippen molar-refractivity contribution in [1.29, 1.82) is 0 Å². The zero-order valence-electron chi connectivity index (χ0n) is 13.6. The van der Waals surface area contributed by atoms with Gasteiger partial charge in [0.15, 0.2) is 0 Å². The van der Waals surface area contributed by atoms with Crippen molar-refractivity contribution in [3.05, 3.63) is 71.5 Å². The second kappa shape index (κ2) is 7.36. The summed E-state index contributed by atoms with van der Waals surface area (Å²) in [5, 5.41) is 15.7. The van der Waals surface area contributed by atoms with Gasteiger partial charge in [-0.3, -0.25) is 4.98 Å². The van der Waals surface area contributed by atoms with E-state index < -0.39 is 5.97 Å². The van der Waals surface area contributed by atoms with Crippen molar-refractivity contribution < 1.29 is 29.4 Å². The van der Waals surface area contributed by atoms with Crippen LogP contribution in [0.3, 0.4) is 0 Å². The molecule has 0 saturated heterocycles. The predicted molar refractivity (Wildman–Crippen MR) is 98.7 cm³/mol. The summed E-state index contributed by atoms with van der Waals surface area (Å²) in [6, 6.07) is 14.1. The van der Waals surface area contributed by atoms with E-state index in [4.69, 9.17) is 11.6 Å². The summed E-state index contributed by atoms with van der Waals surface area (Å²) in [5.74, 6) is -0.367. The number of hydrogen-bond donors (Lipinski definition) is 2. The van der Waals surface area contributed by atoms with Crippen LogP contribution in [0.4, 0.5) is 11.5 Å². The largest absolute Gasteiger partial charge is 2.00 e. The zero-order valence-corrected chi connectivity index (χ0v) is 17.3. The van der Waals surface area contributed by atoms with Crippen LogP contribution in [0.15, 0.2) is 60.9 Å². The van der Waals surface area contributed by atoms with Crippen molar-refractivity contribution in [3.63, 3.8) is 0 Å². The minimum Gasteiger partial charge on any atom is -0.478 e. The number of carboxylic acid groups (broad SMARTS) is 1. The van der Waals surface area contributed by atoms with Crippen molar-refractivity contribution >= 4 is 50.8 Å². The molecular weight excluding hydrogens is 403 g/mol. The van der Waals surface area contributed by atoms with Crippen molar-refractivity contribution in [2.75, 3.05) is 5.32 Å². The summed E-state index contributed by atoms with van der Waals surface area (Å²) in [4.78, 5) is 20.1. The molecule has 0 unspecified atom stereocenters. The number of hydrogen-bond acceptors (Lipinski definition) is 4. The van der Waals surface area contributed by atoms with E-state index in [1.165, 1.54) is 0 Å². The van der Waals surface area contributed by atoms with Gasteiger partial charge < -0.3 is 10.4 Å². The van der Waals surface area contributed by atoms with Gasteiger partial charge >= 0.3 is 25.4 Å². The number of benzene rings is 2. The Balaban J connectivity index is 0.00000196. The molecule has 4 aromatic rings. The van der Waals surface area contributed by atoms with Crippen LogP contribution in [0.25, 0.3) is 21.7 Å². The smallest absolute Gasteiger partial charge is 0.478 e. The number of rotatable bonds is 3. The van der Waals surface area contributed by atoms with Gasteiger partial charge in [0, 0.05) is 39.3 Å². The fraction of sp³-hybridized carbons (Fsp3) is 0. The second-order valence-corrected chi connectivity index (χ2v) is 5.99. The third kappa shape index (κ3) is 3.39. The van der Waals surface area contributed by atoms with Crippen LogP contribution in [0, 0.1) is 0 Å². The molecule has 0 spiro atoms. The molecule has 26 heavy (non-hydrogen) atoms. The average Bonchev–Trinajstić information content (AvgIpc) is 2.61. The minimum absolute atomic E-state index is 0. The third-order valence-corrected chi connectivity index (χ3v) is 4.17. The first kappa shape index (κ1) is 18.2. The molecule has 0 aliphatic carbocycles. The number of nitrogens with zero attached hydrogens (tertiary/aromatic N) is 2. The van der Waals surface area contributed by atoms with E-state index in [9.17, 15) is 9.90 Å². The Bertz CT molecular complexity index is 1130. The number of halogens is 1. The molecule has 0 amide bonds. The molecule has 4 rings (SSSR count). The summed E-state index contributed by atoms with van der Waals surface area (Å²) >= 11 is 6.04. The fourth-order valence-electron chi connectivity index (χ4n) is 2.78. The number of pyridine rings is 2. The second-order valence-electron chi connectivity index (χ2n) is 5.55. The Hall–Kier alpha value is -2.56. The third-order valence-electron chi connectivity index (χ3n) is 3.93. The molecule has 7 heteroatoms. The number of carboxylic acids is 1. The van der Waals surface area contributed by atoms with E-state index in [2.05, 4.69) is 15.3 Å². The molecule has 0 aliphatic rings. The summed E-state index contributed by atoms with van der Waals surface area (Å²) in [7, 11) is 0. The first-order valence-electron chi connectivity index (χ1n) is 7.55. The number of aromatic carboxylic acids is 1. The van der Waals surface area contributed by atoms with Crippen LogP contribution in [-0.2, 0) is 19.5 Å². The molecule has 0 saturated carbocycles. The standard InChI is InChI=1S/C19H12ClN3O2.Zn/c20-12-2-1-3-13(9-12)22-18-15-6-7-21-10-16(15)14-5-4-11(19(24)25)8-17(14)23-18;/h1-10H,(H,22,23)(H,24,25);/q;+2. The molecule has 2 aromatic carbocycles. The number of anilines is 2. The van der Waals surface area contributed by atoms with Gasteiger partial charge in [-0.1, -0.05) is 23.7 Å². The van der Waals surface area contributed by atoms with Gasteiger partial charge in [-0.15, -0.1) is 0 Å². The maximum atomic E-state index is 11.3. The van der Waals surface area contributed by atoms with Crippen molar-refractivity contribution in [2.24, 2.45) is 0 Å². The monoisotopic (exact) mass is 413 g/mol. The van der Waals surface area contributed by atoms with Gasteiger partial charge in [-0.25, -0.2) is 9.78 Å². The van der Waals surface area contributed by atoms with Crippen LogP contribution in [-0.4, -0.2) is 21.0 Å². The summed E-state index contributed by atoms with van der Waals surface area (Å²) in [6.45, 7) is 0. The summed E-state index contributed by atoms with van der Waals surface area (Å²) in [5.41, 5.74) is 1.58. The SMILES string of the molecule is O=C(O)c1ccc2c(c1)nc(Nc1cccc(Cl)c1)c1ccncc12.[Zn+2]. The zero-order chi connectivity index (χ0) is 17.4. The minimum atomic E-state index is -0.987. The molecule has 2 N–H and O–H groups in total. The van der Waals surface area contributed by atoms with Gasteiger partial charge in [-0.2, -0.15) is 0 Å². The molecule has 122 valence electrons. The van der Waals surface area contributed by atoms with Crippen LogP contribution < -0.4 is 5.32 Å². The van der Waals surface area contributed by atoms with E-state index in [1.54, 1.807) is 42.7 Å². The fourth-order valence-corrected chi connectivity index (χ4v) is 2.97. The topological polar surface area (TPSA) is 75.1 Å². The Labute approximate surface area is 166 Å². The molecule has 0 fully saturated rings. The van der Waals surface area contributed by atoms with E-state index in [-0.39, 0.29) is 25.0 Å². The van der Waals surface area contributed by atoms with Gasteiger partial charge in [0.2, 0.25) is 0 Å². The van der Waals surface area contributed by atoms with Gasteiger partial charge in [0.25, 0.3) is 0 Å². The Morgan fingerprint density at radius 3 is 2.65 bits per heavy atom. The van der Waals surface area contributed by atoms with Crippen LogP contribution in [0.5, 0.6) is 0 Å². The average molecular weight is 415 g/mol. The first-order chi connectivity index (χ1) is 12.1. The normalized spacial score (nSPS) is 10.5. The van der Waals surface area contributed by atoms with Crippen molar-refractivity contribution in [3.8, 4) is 0 Å². The molecule has 2 heterocycles. The number of nitrogens with one attached hydrogen (secondary N) is 1. The van der Waals surface area contributed by atoms with E-state index in [0.717, 1.165) is 21.8 Å². The first-order valence-corrected chi connectivity index (χ1v) is 7.93. The number of carbonyl (C=O) groups is 1. The maximum absolute atomic E-state index is 11.3. The molecule has 0 radical (unpaired) electrons. The Kier molecular flexibility index (Phi) is 5.16. The molecule has 2 aromatic heterocycles. The summed E-state index contributed by atoms with van der Waals surface area (Å²) < 4.78 is 0. The van der Waals surface area contributed by atoms with Crippen LogP contribution in [0.1, 0.15) is 10.4 Å². The predicted octanol–water partition coefficient (Wildman–Crippen LogP) is 4.88. The Morgan fingerprint density at radius 2 is 1.88 bits per heavy atom. The molecular formula is C19H12ClN3O2Zn+2. The van der Waals surface area contributed by atoms with Crippen molar-refractivity contribution in [1.82, 2.24) is 9.97 Å². The Morgan fingerprint density at radius 1 is 1.04 bits per heavy atom. The van der Waals surface area contributed by atoms with Crippen LogP contribution in [0.2, 0.25) is 5.02 Å². The van der Waals surface area contributed by atoms with Crippen molar-refractivity contribution in [2.45, 2.75) is 0 Å². The van der Waals surface area contributed by atoms with E-state index in [0.29, 0.717) is 16.4 Å². The quantitative estimate of drug-likeness (QED) is 0.369. The van der Waals surface area contributed by atoms with Crippen LogP contribution >= 0.6 is 11.6 Å². The van der Waals surface area contributed by atoms with Gasteiger partial charge in [0.1, 0.15) is 5.82 Å². The number of aromatic nitrogens is 2. The van der Waals surface area contributed by atoms with Gasteiger partial charge in [0.05, 0.1) is 11.1 Å². The van der Waals surface area contributed by atoms with E-state index in [1.807, 2.05) is 18.2 Å².